The van der Waals surface area contributed by atoms with Crippen LogP contribution in [0.15, 0.2) is 30.3 Å². The normalized spacial score (nSPS) is 19.3. The van der Waals surface area contributed by atoms with Gasteiger partial charge in [-0.25, -0.2) is 4.68 Å². The summed E-state index contributed by atoms with van der Waals surface area (Å²) in [5.41, 5.74) is 9.92. The molecule has 0 saturated carbocycles. The van der Waals surface area contributed by atoms with Gasteiger partial charge in [0.1, 0.15) is 5.82 Å². The van der Waals surface area contributed by atoms with Gasteiger partial charge in [0.05, 0.1) is 11.7 Å². The second-order valence-corrected chi connectivity index (χ2v) is 5.12. The van der Waals surface area contributed by atoms with Crippen molar-refractivity contribution in [3.8, 4) is 0 Å². The first kappa shape index (κ1) is 11.3. The van der Waals surface area contributed by atoms with Crippen LogP contribution in [-0.2, 0) is 6.42 Å². The van der Waals surface area contributed by atoms with Crippen molar-refractivity contribution < 1.29 is 0 Å². The molecule has 2 aromatic rings. The van der Waals surface area contributed by atoms with Crippen LogP contribution in [0.25, 0.3) is 0 Å². The van der Waals surface area contributed by atoms with Crippen molar-refractivity contribution in [3.63, 3.8) is 0 Å². The van der Waals surface area contributed by atoms with Gasteiger partial charge in [-0.1, -0.05) is 30.7 Å². The summed E-state index contributed by atoms with van der Waals surface area (Å²) < 4.78 is 2.00. The minimum Gasteiger partial charge on any atom is -0.384 e. The van der Waals surface area contributed by atoms with E-state index in [0.717, 1.165) is 17.9 Å². The third kappa shape index (κ3) is 1.90. The summed E-state index contributed by atoms with van der Waals surface area (Å²) in [6.45, 7) is 2.00. The van der Waals surface area contributed by atoms with E-state index in [4.69, 9.17) is 5.73 Å². The van der Waals surface area contributed by atoms with Gasteiger partial charge in [-0.3, -0.25) is 0 Å². The first-order valence-corrected chi connectivity index (χ1v) is 6.65. The largest absolute Gasteiger partial charge is 0.384 e. The summed E-state index contributed by atoms with van der Waals surface area (Å²) in [6.07, 6.45) is 4.79. The van der Waals surface area contributed by atoms with E-state index in [-0.39, 0.29) is 0 Å². The summed E-state index contributed by atoms with van der Waals surface area (Å²) >= 11 is 0. The van der Waals surface area contributed by atoms with Gasteiger partial charge in [-0.2, -0.15) is 5.10 Å². The van der Waals surface area contributed by atoms with Crippen LogP contribution in [-0.4, -0.2) is 9.78 Å². The molecule has 94 valence electrons. The first-order valence-electron chi connectivity index (χ1n) is 6.65. The van der Waals surface area contributed by atoms with Crippen molar-refractivity contribution in [3.05, 3.63) is 47.2 Å². The van der Waals surface area contributed by atoms with Crippen LogP contribution in [0, 0.1) is 6.92 Å². The molecule has 0 bridgehead atoms. The molecule has 3 rings (SSSR count). The number of hydrogen-bond acceptors (Lipinski definition) is 2. The number of anilines is 1. The molecule has 1 aliphatic carbocycles. The number of benzene rings is 1. The Balaban J connectivity index is 2.09. The Bertz CT molecular complexity index is 557. The zero-order chi connectivity index (χ0) is 12.5. The van der Waals surface area contributed by atoms with Gasteiger partial charge in [-0.05, 0) is 37.3 Å². The molecule has 1 aromatic heterocycles. The molecule has 3 nitrogen and oxygen atoms in total. The molecule has 1 unspecified atom stereocenters. The van der Waals surface area contributed by atoms with Gasteiger partial charge in [-0.15, -0.1) is 0 Å². The quantitative estimate of drug-likeness (QED) is 0.780. The fourth-order valence-electron chi connectivity index (χ4n) is 2.94. The summed E-state index contributed by atoms with van der Waals surface area (Å²) in [5.74, 6) is 0.772. The molecule has 1 aromatic carbocycles. The highest BCUT2D eigenvalue weighted by atomic mass is 15.3. The molecule has 0 radical (unpaired) electrons. The highest BCUT2D eigenvalue weighted by Crippen LogP contribution is 2.32. The smallest absolute Gasteiger partial charge is 0.122 e. The molecular formula is C15H19N3. The Morgan fingerprint density at radius 3 is 2.89 bits per heavy atom. The number of rotatable bonds is 1. The predicted octanol–water partition coefficient (Wildman–Crippen LogP) is 3.09. The third-order valence-electron chi connectivity index (χ3n) is 3.77. The summed E-state index contributed by atoms with van der Waals surface area (Å²) in [6, 6.07) is 11.0. The molecule has 1 heterocycles. The summed E-state index contributed by atoms with van der Waals surface area (Å²) in [4.78, 5) is 0. The van der Waals surface area contributed by atoms with Crippen molar-refractivity contribution in [2.45, 2.75) is 38.6 Å². The molecule has 18 heavy (non-hydrogen) atoms. The number of nitrogens with zero attached hydrogens (tertiary/aromatic N) is 2. The first-order chi connectivity index (χ1) is 8.75. The molecular weight excluding hydrogens is 222 g/mol. The Kier molecular flexibility index (Phi) is 2.82. The molecule has 0 fully saturated rings. The van der Waals surface area contributed by atoms with Crippen molar-refractivity contribution in [1.29, 1.82) is 0 Å². The maximum Gasteiger partial charge on any atom is 0.122 e. The van der Waals surface area contributed by atoms with E-state index in [9.17, 15) is 0 Å². The molecule has 0 amide bonds. The monoisotopic (exact) mass is 241 g/mol. The molecule has 1 aliphatic rings. The van der Waals surface area contributed by atoms with E-state index in [2.05, 4.69) is 29.4 Å². The zero-order valence-corrected chi connectivity index (χ0v) is 10.8. The Morgan fingerprint density at radius 1 is 1.28 bits per heavy atom. The lowest BCUT2D eigenvalue weighted by molar-refractivity contribution is 0.484. The zero-order valence-electron chi connectivity index (χ0n) is 10.8. The van der Waals surface area contributed by atoms with Crippen LogP contribution in [0.5, 0.6) is 0 Å². The van der Waals surface area contributed by atoms with Crippen LogP contribution in [0.1, 0.15) is 42.1 Å². The fourth-order valence-corrected chi connectivity index (χ4v) is 2.94. The molecule has 2 N–H and O–H groups in total. The van der Waals surface area contributed by atoms with Crippen LogP contribution >= 0.6 is 0 Å². The molecule has 1 atom stereocenters. The van der Waals surface area contributed by atoms with Crippen LogP contribution in [0.4, 0.5) is 5.82 Å². The lowest BCUT2D eigenvalue weighted by Gasteiger charge is -2.19. The lowest BCUT2D eigenvalue weighted by atomic mass is 9.99. The van der Waals surface area contributed by atoms with Crippen molar-refractivity contribution in [1.82, 2.24) is 9.78 Å². The van der Waals surface area contributed by atoms with E-state index in [1.807, 2.05) is 17.7 Å². The number of aromatic nitrogens is 2. The highest BCUT2D eigenvalue weighted by Gasteiger charge is 2.22. The minimum atomic E-state index is 0.303. The van der Waals surface area contributed by atoms with Gasteiger partial charge in [0, 0.05) is 6.07 Å². The lowest BCUT2D eigenvalue weighted by Crippen LogP contribution is -2.15. The second-order valence-electron chi connectivity index (χ2n) is 5.12. The highest BCUT2D eigenvalue weighted by molar-refractivity contribution is 5.37. The molecule has 0 aliphatic heterocycles. The van der Waals surface area contributed by atoms with Gasteiger partial charge in [0.2, 0.25) is 0 Å². The number of aryl methyl sites for hydroxylation is 2. The van der Waals surface area contributed by atoms with Crippen molar-refractivity contribution >= 4 is 5.82 Å². The van der Waals surface area contributed by atoms with E-state index in [1.165, 1.54) is 30.4 Å². The number of hydrogen-bond donors (Lipinski definition) is 1. The second kappa shape index (κ2) is 4.48. The predicted molar refractivity (Wildman–Crippen MR) is 73.5 cm³/mol. The Labute approximate surface area is 108 Å². The van der Waals surface area contributed by atoms with Crippen molar-refractivity contribution in [2.24, 2.45) is 0 Å². The van der Waals surface area contributed by atoms with E-state index >= 15 is 0 Å². The van der Waals surface area contributed by atoms with Gasteiger partial charge in [0.25, 0.3) is 0 Å². The number of fused-ring (bicyclic) bond motifs is 1. The maximum atomic E-state index is 6.08. The van der Waals surface area contributed by atoms with Crippen LogP contribution < -0.4 is 5.73 Å². The fraction of sp³-hybridized carbons (Fsp3) is 0.400. The van der Waals surface area contributed by atoms with E-state index in [1.54, 1.807) is 0 Å². The van der Waals surface area contributed by atoms with Crippen LogP contribution in [0.3, 0.4) is 0 Å². The van der Waals surface area contributed by atoms with Gasteiger partial charge < -0.3 is 5.73 Å². The minimum absolute atomic E-state index is 0.303. The average Bonchev–Trinajstić information content (AvgIpc) is 2.60. The topological polar surface area (TPSA) is 43.8 Å². The maximum absolute atomic E-state index is 6.08. The summed E-state index contributed by atoms with van der Waals surface area (Å²) in [5, 5.41) is 4.57. The third-order valence-corrected chi connectivity index (χ3v) is 3.77. The number of nitrogens with two attached hydrogens (primary N) is 1. The average molecular weight is 241 g/mol. The van der Waals surface area contributed by atoms with Crippen LogP contribution in [0.2, 0.25) is 0 Å². The Morgan fingerprint density at radius 2 is 2.11 bits per heavy atom. The molecule has 0 saturated heterocycles. The Hall–Kier alpha value is -1.77. The molecule has 3 heteroatoms. The number of nitrogen functional groups attached to an aromatic ring is 1. The van der Waals surface area contributed by atoms with Gasteiger partial charge in [0.15, 0.2) is 0 Å². The van der Waals surface area contributed by atoms with Gasteiger partial charge >= 0.3 is 0 Å². The standard InChI is InChI=1S/C15H19N3/c1-11-10-15(16)18(17-11)14-9-5-3-7-12-6-2-4-8-13(12)14/h2,4,6,8,10,14H,3,5,7,9,16H2,1H3. The summed E-state index contributed by atoms with van der Waals surface area (Å²) in [7, 11) is 0. The van der Waals surface area contributed by atoms with E-state index in [0.29, 0.717) is 6.04 Å². The SMILES string of the molecule is Cc1cc(N)n(C2CCCCc3ccccc32)n1. The van der Waals surface area contributed by atoms with E-state index < -0.39 is 0 Å². The molecule has 0 spiro atoms. The van der Waals surface area contributed by atoms with Crippen molar-refractivity contribution in [2.75, 3.05) is 5.73 Å².